The molecule has 2 atom stereocenters. The van der Waals surface area contributed by atoms with Gasteiger partial charge in [-0.15, -0.1) is 12.4 Å². The van der Waals surface area contributed by atoms with Crippen LogP contribution in [0.15, 0.2) is 12.4 Å². The molecule has 0 aromatic carbocycles. The number of rotatable bonds is 2. The molecule has 0 radical (unpaired) electrons. The minimum Gasteiger partial charge on any atom is -0.327 e. The van der Waals surface area contributed by atoms with Gasteiger partial charge < -0.3 is 11.1 Å². The van der Waals surface area contributed by atoms with Gasteiger partial charge in [0.25, 0.3) is 0 Å². The van der Waals surface area contributed by atoms with Crippen LogP contribution < -0.4 is 11.1 Å². The molecule has 1 aromatic rings. The van der Waals surface area contributed by atoms with Gasteiger partial charge in [0.1, 0.15) is 5.82 Å². The maximum atomic E-state index is 12.6. The molecule has 0 spiro atoms. The Morgan fingerprint density at radius 1 is 1.17 bits per heavy atom. The second-order valence-corrected chi connectivity index (χ2v) is 8.23. The van der Waals surface area contributed by atoms with E-state index in [4.69, 9.17) is 5.73 Å². The number of anilines is 1. The van der Waals surface area contributed by atoms with Crippen LogP contribution in [0.3, 0.4) is 0 Å². The number of hydrogen-bond donors (Lipinski definition) is 2. The molecule has 2 aliphatic carbocycles. The Morgan fingerprint density at radius 3 is 2.21 bits per heavy atom. The van der Waals surface area contributed by atoms with Crippen LogP contribution in [-0.4, -0.2) is 21.9 Å². The predicted octanol–water partition coefficient (Wildman–Crippen LogP) is 3.29. The molecule has 2 saturated carbocycles. The number of aromatic nitrogens is 2. The SMILES string of the molecule is CC(C)(C)c1ncc(NC(=O)C2CC3CCCC(C2)C3N)cn1.Cl. The van der Waals surface area contributed by atoms with Crippen molar-refractivity contribution in [2.75, 3.05) is 5.32 Å². The number of amides is 1. The van der Waals surface area contributed by atoms with E-state index in [2.05, 4.69) is 36.1 Å². The number of nitrogens with zero attached hydrogens (tertiary/aromatic N) is 2. The first-order valence-electron chi connectivity index (χ1n) is 8.73. The highest BCUT2D eigenvalue weighted by molar-refractivity contribution is 5.92. The topological polar surface area (TPSA) is 80.9 Å². The molecule has 3 rings (SSSR count). The van der Waals surface area contributed by atoms with Gasteiger partial charge in [-0.05, 0) is 37.5 Å². The molecule has 0 saturated heterocycles. The number of nitrogens with two attached hydrogens (primary N) is 1. The van der Waals surface area contributed by atoms with Gasteiger partial charge in [0, 0.05) is 17.4 Å². The smallest absolute Gasteiger partial charge is 0.227 e. The molecule has 2 unspecified atom stereocenters. The summed E-state index contributed by atoms with van der Waals surface area (Å²) in [4.78, 5) is 21.3. The fourth-order valence-electron chi connectivity index (χ4n) is 4.03. The maximum Gasteiger partial charge on any atom is 0.227 e. The lowest BCUT2D eigenvalue weighted by Gasteiger charge is -2.43. The van der Waals surface area contributed by atoms with Crippen LogP contribution in [-0.2, 0) is 10.2 Å². The van der Waals surface area contributed by atoms with Gasteiger partial charge in [0.2, 0.25) is 5.91 Å². The van der Waals surface area contributed by atoms with Gasteiger partial charge in [0.05, 0.1) is 18.1 Å². The Morgan fingerprint density at radius 2 is 1.71 bits per heavy atom. The Kier molecular flexibility index (Phi) is 5.87. The zero-order chi connectivity index (χ0) is 16.6. The molecule has 2 fully saturated rings. The molecule has 1 heterocycles. The monoisotopic (exact) mass is 352 g/mol. The van der Waals surface area contributed by atoms with E-state index < -0.39 is 0 Å². The molecule has 0 aliphatic heterocycles. The van der Waals surface area contributed by atoms with Gasteiger partial charge in [0.15, 0.2) is 0 Å². The standard InChI is InChI=1S/C18H28N4O.ClH/c1-18(2,3)17-20-9-14(10-21-17)22-16(23)13-7-11-5-4-6-12(8-13)15(11)19;/h9-13,15H,4-8,19H2,1-3H3,(H,22,23);1H. The summed E-state index contributed by atoms with van der Waals surface area (Å²) in [5.41, 5.74) is 6.90. The largest absolute Gasteiger partial charge is 0.327 e. The van der Waals surface area contributed by atoms with Crippen LogP contribution in [0.25, 0.3) is 0 Å². The molecule has 2 aliphatic rings. The molecule has 5 nitrogen and oxygen atoms in total. The number of halogens is 1. The maximum absolute atomic E-state index is 12.6. The van der Waals surface area contributed by atoms with Crippen LogP contribution >= 0.6 is 12.4 Å². The zero-order valence-corrected chi connectivity index (χ0v) is 15.6. The van der Waals surface area contributed by atoms with E-state index in [1.54, 1.807) is 12.4 Å². The van der Waals surface area contributed by atoms with E-state index in [1.165, 1.54) is 19.3 Å². The summed E-state index contributed by atoms with van der Waals surface area (Å²) in [6.45, 7) is 6.22. The van der Waals surface area contributed by atoms with Crippen LogP contribution in [0.1, 0.15) is 58.7 Å². The minimum absolute atomic E-state index is 0. The van der Waals surface area contributed by atoms with Crippen molar-refractivity contribution in [3.8, 4) is 0 Å². The van der Waals surface area contributed by atoms with Crippen molar-refractivity contribution in [3.63, 3.8) is 0 Å². The van der Waals surface area contributed by atoms with Crippen LogP contribution in [0.2, 0.25) is 0 Å². The number of nitrogens with one attached hydrogen (secondary N) is 1. The van der Waals surface area contributed by atoms with Crippen molar-refractivity contribution in [3.05, 3.63) is 18.2 Å². The molecule has 2 bridgehead atoms. The summed E-state index contributed by atoms with van der Waals surface area (Å²) in [7, 11) is 0. The third kappa shape index (κ3) is 4.06. The molecule has 134 valence electrons. The van der Waals surface area contributed by atoms with E-state index in [9.17, 15) is 4.79 Å². The highest BCUT2D eigenvalue weighted by Crippen LogP contribution is 2.42. The quantitative estimate of drug-likeness (QED) is 0.855. The van der Waals surface area contributed by atoms with Crippen LogP contribution in [0, 0.1) is 17.8 Å². The Balaban J connectivity index is 0.00000208. The molecular formula is C18H29ClN4O. The Labute approximate surface area is 150 Å². The first-order valence-corrected chi connectivity index (χ1v) is 8.73. The fraction of sp³-hybridized carbons (Fsp3) is 0.722. The average molecular weight is 353 g/mol. The third-order valence-corrected chi connectivity index (χ3v) is 5.37. The van der Waals surface area contributed by atoms with Gasteiger partial charge in [-0.25, -0.2) is 9.97 Å². The summed E-state index contributed by atoms with van der Waals surface area (Å²) in [6, 6.07) is 0.294. The molecule has 6 heteroatoms. The molecule has 3 N–H and O–H groups in total. The van der Waals surface area contributed by atoms with Crippen molar-refractivity contribution in [1.82, 2.24) is 9.97 Å². The Hall–Kier alpha value is -1.20. The minimum atomic E-state index is -0.0838. The van der Waals surface area contributed by atoms with Gasteiger partial charge in [-0.1, -0.05) is 27.2 Å². The lowest BCUT2D eigenvalue weighted by Crippen LogP contribution is -2.48. The predicted molar refractivity (Wildman–Crippen MR) is 98.1 cm³/mol. The van der Waals surface area contributed by atoms with Crippen molar-refractivity contribution in [1.29, 1.82) is 0 Å². The number of fused-ring (bicyclic) bond motifs is 2. The molecule has 1 amide bonds. The van der Waals surface area contributed by atoms with Crippen LogP contribution in [0.4, 0.5) is 5.69 Å². The summed E-state index contributed by atoms with van der Waals surface area (Å²) in [6.07, 6.45) is 8.87. The second-order valence-electron chi connectivity index (χ2n) is 8.23. The molecule has 24 heavy (non-hydrogen) atoms. The first kappa shape index (κ1) is 19.1. The van der Waals surface area contributed by atoms with Crippen molar-refractivity contribution >= 4 is 24.0 Å². The summed E-state index contributed by atoms with van der Waals surface area (Å²) in [5, 5.41) is 2.99. The summed E-state index contributed by atoms with van der Waals surface area (Å²) >= 11 is 0. The number of carbonyl (C=O) groups is 1. The van der Waals surface area contributed by atoms with E-state index >= 15 is 0 Å². The van der Waals surface area contributed by atoms with Crippen molar-refractivity contribution in [2.24, 2.45) is 23.5 Å². The second kappa shape index (κ2) is 7.36. The number of hydrogen-bond acceptors (Lipinski definition) is 4. The highest BCUT2D eigenvalue weighted by atomic mass is 35.5. The van der Waals surface area contributed by atoms with Gasteiger partial charge in [-0.3, -0.25) is 4.79 Å². The first-order chi connectivity index (χ1) is 10.8. The highest BCUT2D eigenvalue weighted by Gasteiger charge is 2.40. The van der Waals surface area contributed by atoms with E-state index in [1.807, 2.05) is 0 Å². The Bertz CT molecular complexity index is 555. The fourth-order valence-corrected chi connectivity index (χ4v) is 4.03. The van der Waals surface area contributed by atoms with Crippen LogP contribution in [0.5, 0.6) is 0 Å². The van der Waals surface area contributed by atoms with E-state index in [0.717, 1.165) is 18.7 Å². The van der Waals surface area contributed by atoms with Gasteiger partial charge in [-0.2, -0.15) is 0 Å². The van der Waals surface area contributed by atoms with Crippen molar-refractivity contribution in [2.45, 2.75) is 64.3 Å². The lowest BCUT2D eigenvalue weighted by atomic mass is 9.65. The lowest BCUT2D eigenvalue weighted by molar-refractivity contribution is -0.122. The van der Waals surface area contributed by atoms with Gasteiger partial charge >= 0.3 is 0 Å². The zero-order valence-electron chi connectivity index (χ0n) is 14.8. The molecular weight excluding hydrogens is 324 g/mol. The third-order valence-electron chi connectivity index (χ3n) is 5.37. The normalized spacial score (nSPS) is 29.5. The molecule has 1 aromatic heterocycles. The summed E-state index contributed by atoms with van der Waals surface area (Å²) in [5.74, 6) is 1.98. The average Bonchev–Trinajstić information content (AvgIpc) is 2.46. The van der Waals surface area contributed by atoms with E-state index in [-0.39, 0.29) is 29.6 Å². The summed E-state index contributed by atoms with van der Waals surface area (Å²) < 4.78 is 0. The van der Waals surface area contributed by atoms with E-state index in [0.29, 0.717) is 23.6 Å². The van der Waals surface area contributed by atoms with Crippen molar-refractivity contribution < 1.29 is 4.79 Å². The number of carbonyl (C=O) groups excluding carboxylic acids is 1.